The van der Waals surface area contributed by atoms with Gasteiger partial charge in [0.25, 0.3) is 0 Å². The zero-order valence-corrected chi connectivity index (χ0v) is 34.6. The summed E-state index contributed by atoms with van der Waals surface area (Å²) in [5.74, 6) is 1.90. The van der Waals surface area contributed by atoms with Gasteiger partial charge >= 0.3 is 0 Å². The molecule has 4 heteroatoms. The largest absolute Gasteiger partial charge is 0.309 e. The van der Waals surface area contributed by atoms with Crippen LogP contribution in [0.3, 0.4) is 0 Å². The molecule has 0 unspecified atom stereocenters. The summed E-state index contributed by atoms with van der Waals surface area (Å²) in [5.41, 5.74) is 16.1. The van der Waals surface area contributed by atoms with E-state index in [4.69, 9.17) is 15.0 Å². The molecule has 296 valence electrons. The minimum Gasteiger partial charge on any atom is -0.309 e. The van der Waals surface area contributed by atoms with Crippen molar-refractivity contribution in [3.8, 4) is 62.1 Å². The molecule has 0 bridgehead atoms. The minimum absolute atomic E-state index is 0.405. The fraction of sp³-hybridized carbons (Fsp3) is 0.0167. The van der Waals surface area contributed by atoms with Crippen molar-refractivity contribution in [1.82, 2.24) is 19.5 Å². The molecule has 0 radical (unpaired) electrons. The summed E-state index contributed by atoms with van der Waals surface area (Å²) in [6.07, 6.45) is 0. The van der Waals surface area contributed by atoms with Gasteiger partial charge in [0.05, 0.1) is 16.4 Å². The van der Waals surface area contributed by atoms with E-state index < -0.39 is 5.41 Å². The van der Waals surface area contributed by atoms with Crippen LogP contribution in [0.2, 0.25) is 0 Å². The monoisotopic (exact) mass is 812 g/mol. The van der Waals surface area contributed by atoms with E-state index in [-0.39, 0.29) is 0 Å². The molecule has 14 rings (SSSR count). The molecule has 0 atom stereocenters. The van der Waals surface area contributed by atoms with Crippen molar-refractivity contribution in [2.24, 2.45) is 0 Å². The molecule has 10 aromatic carbocycles. The summed E-state index contributed by atoms with van der Waals surface area (Å²) in [6, 6.07) is 79.1. The fourth-order valence-electron chi connectivity index (χ4n) is 11.1. The number of hydrogen-bond donors (Lipinski definition) is 0. The van der Waals surface area contributed by atoms with Crippen molar-refractivity contribution in [3.63, 3.8) is 0 Å². The van der Waals surface area contributed by atoms with Crippen LogP contribution in [0.4, 0.5) is 0 Å². The minimum atomic E-state index is -0.405. The highest BCUT2D eigenvalue weighted by Gasteiger charge is 2.50. The first-order valence-corrected chi connectivity index (χ1v) is 21.9. The van der Waals surface area contributed by atoms with Crippen LogP contribution in [0.15, 0.2) is 218 Å². The Hall–Kier alpha value is -8.47. The molecule has 0 aliphatic heterocycles. The fourth-order valence-corrected chi connectivity index (χ4v) is 11.1. The van der Waals surface area contributed by atoms with Gasteiger partial charge in [-0.3, -0.25) is 0 Å². The molecule has 0 saturated carbocycles. The SMILES string of the molecule is c1ccc(-c2nc(-c3ccc(-c4ccc5c(c4)C4(c6ccccc6-5)c5cccc6ccc7cccc4c7c56)cc3)nc(-c3ccc4c5ccccc5n(-c5ccccc5)c4c3)n2)cc1. The first-order valence-electron chi connectivity index (χ1n) is 21.9. The van der Waals surface area contributed by atoms with Crippen LogP contribution in [0.25, 0.3) is 105 Å². The zero-order valence-electron chi connectivity index (χ0n) is 34.6. The molecule has 64 heavy (non-hydrogen) atoms. The van der Waals surface area contributed by atoms with E-state index in [9.17, 15) is 0 Å². The highest BCUT2D eigenvalue weighted by atomic mass is 15.0. The number of nitrogens with zero attached hydrogens (tertiary/aromatic N) is 4. The molecule has 0 fully saturated rings. The quantitative estimate of drug-likeness (QED) is 0.163. The molecule has 0 N–H and O–H groups in total. The van der Waals surface area contributed by atoms with Gasteiger partial charge < -0.3 is 4.57 Å². The number of hydrogen-bond acceptors (Lipinski definition) is 3. The zero-order chi connectivity index (χ0) is 41.9. The summed E-state index contributed by atoms with van der Waals surface area (Å²) in [5, 5.41) is 7.72. The number of rotatable bonds is 5. The van der Waals surface area contributed by atoms with E-state index in [2.05, 4.69) is 205 Å². The Morgan fingerprint density at radius 1 is 0.312 bits per heavy atom. The Morgan fingerprint density at radius 3 is 1.58 bits per heavy atom. The normalized spacial score (nSPS) is 13.1. The lowest BCUT2D eigenvalue weighted by Gasteiger charge is -2.31. The van der Waals surface area contributed by atoms with E-state index in [1.807, 2.05) is 18.2 Å². The standard InChI is InChI=1S/C60H36N4/c1-3-13-40(14-4-1)57-61-58(63-59(62-57)43-32-34-48-47-20-8-10-24-53(47)64(54(48)36-43)44-17-5-2-6-18-44)41-29-25-37(26-30-41)42-31-33-46-45-19-7-9-21-49(45)60(52(46)35-42)50-22-11-15-38-27-28-39-16-12-23-51(60)56(39)55(38)50/h1-36H. The van der Waals surface area contributed by atoms with Crippen molar-refractivity contribution < 1.29 is 0 Å². The smallest absolute Gasteiger partial charge is 0.164 e. The van der Waals surface area contributed by atoms with Crippen molar-refractivity contribution in [2.75, 3.05) is 0 Å². The number of benzene rings is 10. The average molecular weight is 813 g/mol. The van der Waals surface area contributed by atoms with E-state index in [1.54, 1.807) is 0 Å². The summed E-state index contributed by atoms with van der Waals surface area (Å²) in [6.45, 7) is 0. The topological polar surface area (TPSA) is 43.6 Å². The molecule has 4 nitrogen and oxygen atoms in total. The van der Waals surface area contributed by atoms with Crippen LogP contribution in [0, 0.1) is 0 Å². The van der Waals surface area contributed by atoms with Crippen molar-refractivity contribution in [2.45, 2.75) is 5.41 Å². The molecule has 2 aliphatic carbocycles. The second-order valence-electron chi connectivity index (χ2n) is 17.1. The highest BCUT2D eigenvalue weighted by molar-refractivity contribution is 6.17. The van der Waals surface area contributed by atoms with Gasteiger partial charge in [0.2, 0.25) is 0 Å². The summed E-state index contributed by atoms with van der Waals surface area (Å²) < 4.78 is 2.33. The summed E-state index contributed by atoms with van der Waals surface area (Å²) >= 11 is 0. The molecular formula is C60H36N4. The van der Waals surface area contributed by atoms with Gasteiger partial charge in [0.15, 0.2) is 17.5 Å². The predicted molar refractivity (Wildman–Crippen MR) is 262 cm³/mol. The summed E-state index contributed by atoms with van der Waals surface area (Å²) in [7, 11) is 0. The van der Waals surface area contributed by atoms with Gasteiger partial charge in [-0.25, -0.2) is 15.0 Å². The van der Waals surface area contributed by atoms with Gasteiger partial charge in [0, 0.05) is 33.2 Å². The number of fused-ring (bicyclic) bond motifs is 10. The van der Waals surface area contributed by atoms with Gasteiger partial charge in [-0.05, 0) is 96.4 Å². The van der Waals surface area contributed by atoms with E-state index in [1.165, 1.54) is 71.3 Å². The van der Waals surface area contributed by atoms with Crippen molar-refractivity contribution >= 4 is 43.4 Å². The second-order valence-corrected chi connectivity index (χ2v) is 17.1. The van der Waals surface area contributed by atoms with Crippen molar-refractivity contribution in [3.05, 3.63) is 241 Å². The van der Waals surface area contributed by atoms with Crippen LogP contribution in [0.5, 0.6) is 0 Å². The lowest BCUT2D eigenvalue weighted by molar-refractivity contribution is 0.797. The third-order valence-electron chi connectivity index (χ3n) is 13.8. The third-order valence-corrected chi connectivity index (χ3v) is 13.8. The van der Waals surface area contributed by atoms with Gasteiger partial charge in [-0.15, -0.1) is 0 Å². The van der Waals surface area contributed by atoms with E-state index >= 15 is 0 Å². The van der Waals surface area contributed by atoms with E-state index in [0.717, 1.165) is 39.0 Å². The first kappa shape index (κ1) is 35.2. The predicted octanol–water partition coefficient (Wildman–Crippen LogP) is 14.6. The highest BCUT2D eigenvalue weighted by Crippen LogP contribution is 2.62. The van der Waals surface area contributed by atoms with E-state index in [0.29, 0.717) is 17.5 Å². The maximum Gasteiger partial charge on any atom is 0.164 e. The van der Waals surface area contributed by atoms with Crippen molar-refractivity contribution in [1.29, 1.82) is 0 Å². The van der Waals surface area contributed by atoms with Crippen LogP contribution < -0.4 is 0 Å². The van der Waals surface area contributed by atoms with Gasteiger partial charge in [0.1, 0.15) is 0 Å². The third kappa shape index (κ3) is 4.85. The number of aromatic nitrogens is 4. The Morgan fingerprint density at radius 2 is 0.844 bits per heavy atom. The Bertz CT molecular complexity index is 3820. The molecule has 1 spiro atoms. The van der Waals surface area contributed by atoms with Crippen LogP contribution >= 0.6 is 0 Å². The van der Waals surface area contributed by atoms with Crippen LogP contribution in [-0.4, -0.2) is 19.5 Å². The Labute approximate surface area is 369 Å². The lowest BCUT2D eigenvalue weighted by atomic mass is 9.70. The molecule has 2 aromatic heterocycles. The average Bonchev–Trinajstić information content (AvgIpc) is 3.98. The molecule has 2 aliphatic rings. The van der Waals surface area contributed by atoms with Gasteiger partial charge in [-0.2, -0.15) is 0 Å². The first-order chi connectivity index (χ1) is 31.7. The maximum absolute atomic E-state index is 5.21. The molecule has 12 aromatic rings. The summed E-state index contributed by atoms with van der Waals surface area (Å²) in [4.78, 5) is 15.4. The maximum atomic E-state index is 5.21. The van der Waals surface area contributed by atoms with Crippen LogP contribution in [0.1, 0.15) is 22.3 Å². The lowest BCUT2D eigenvalue weighted by Crippen LogP contribution is -2.26. The molecule has 0 saturated heterocycles. The number of para-hydroxylation sites is 2. The Kier molecular flexibility index (Phi) is 7.29. The molecule has 0 amide bonds. The Balaban J connectivity index is 0.902. The van der Waals surface area contributed by atoms with Gasteiger partial charge in [-0.1, -0.05) is 188 Å². The van der Waals surface area contributed by atoms with Crippen LogP contribution in [-0.2, 0) is 5.41 Å². The second kappa shape index (κ2) is 13.3. The molecular weight excluding hydrogens is 777 g/mol. The molecule has 2 heterocycles.